The Hall–Kier alpha value is -2.57. The Bertz CT molecular complexity index is 460. The average molecular weight is 228 g/mol. The van der Waals surface area contributed by atoms with E-state index in [1.807, 2.05) is 0 Å². The van der Waals surface area contributed by atoms with Crippen LogP contribution in [0.25, 0.3) is 5.57 Å². The summed E-state index contributed by atoms with van der Waals surface area (Å²) in [7, 11) is 0. The fraction of sp³-hybridized carbons (Fsp3) is 0. The predicted octanol–water partition coefficient (Wildman–Crippen LogP) is 0.312. The van der Waals surface area contributed by atoms with E-state index in [0.29, 0.717) is 0 Å². The summed E-state index contributed by atoms with van der Waals surface area (Å²) in [5.74, 6) is -7.19. The van der Waals surface area contributed by atoms with Crippen LogP contribution in [0, 0.1) is 0 Å². The van der Waals surface area contributed by atoms with Gasteiger partial charge < -0.3 is 30.6 Å². The molecule has 0 amide bonds. The molecule has 16 heavy (non-hydrogen) atoms. The number of hydrogen-bond donors (Lipinski definition) is 6. The van der Waals surface area contributed by atoms with Gasteiger partial charge in [-0.15, -0.1) is 0 Å². The Morgan fingerprint density at radius 1 is 0.812 bits per heavy atom. The number of hydrogen-bond acceptors (Lipinski definition) is 6. The van der Waals surface area contributed by atoms with E-state index in [9.17, 15) is 15.0 Å². The number of benzene rings is 1. The Balaban J connectivity index is 3.64. The molecule has 0 unspecified atom stereocenters. The lowest BCUT2D eigenvalue weighted by atomic mass is 10.0. The van der Waals surface area contributed by atoms with Crippen molar-refractivity contribution in [2.45, 2.75) is 0 Å². The second-order valence-corrected chi connectivity index (χ2v) is 2.90. The van der Waals surface area contributed by atoms with Crippen LogP contribution in [0.2, 0.25) is 0 Å². The highest BCUT2D eigenvalue weighted by atomic mass is 16.4. The summed E-state index contributed by atoms with van der Waals surface area (Å²) in [4.78, 5) is 10.6. The van der Waals surface area contributed by atoms with E-state index >= 15 is 0 Å². The normalized spacial score (nSPS) is 10.0. The van der Waals surface area contributed by atoms with Crippen LogP contribution in [0.15, 0.2) is 6.58 Å². The van der Waals surface area contributed by atoms with Gasteiger partial charge in [-0.05, 0) is 0 Å². The summed E-state index contributed by atoms with van der Waals surface area (Å²) >= 11 is 0. The smallest absolute Gasteiger partial charge is 0.335 e. The number of carboxylic acid groups (broad SMARTS) is 1. The molecule has 0 aromatic heterocycles. The zero-order chi connectivity index (χ0) is 12.6. The molecule has 0 spiro atoms. The van der Waals surface area contributed by atoms with E-state index in [1.165, 1.54) is 0 Å². The summed E-state index contributed by atoms with van der Waals surface area (Å²) < 4.78 is 0. The number of phenols is 5. The zero-order valence-corrected chi connectivity index (χ0v) is 7.80. The number of aromatic hydroxyl groups is 5. The summed E-state index contributed by atoms with van der Waals surface area (Å²) in [6.45, 7) is 3.03. The first kappa shape index (κ1) is 11.5. The molecule has 0 atom stereocenters. The van der Waals surface area contributed by atoms with E-state index in [4.69, 9.17) is 20.4 Å². The van der Waals surface area contributed by atoms with Crippen molar-refractivity contribution < 1.29 is 35.4 Å². The third kappa shape index (κ3) is 1.44. The Kier molecular flexibility index (Phi) is 2.54. The molecule has 1 aromatic rings. The van der Waals surface area contributed by atoms with Gasteiger partial charge in [0.25, 0.3) is 0 Å². The monoisotopic (exact) mass is 228 g/mol. The van der Waals surface area contributed by atoms with Gasteiger partial charge in [-0.25, -0.2) is 4.79 Å². The predicted molar refractivity (Wildman–Crippen MR) is 51.4 cm³/mol. The average Bonchev–Trinajstić information content (AvgIpc) is 2.23. The Morgan fingerprint density at radius 2 is 1.12 bits per heavy atom. The molecule has 1 rings (SSSR count). The first-order valence-corrected chi connectivity index (χ1v) is 3.90. The SMILES string of the molecule is C=C(C(=O)O)c1c(O)c(O)c(O)c(O)c1O. The lowest BCUT2D eigenvalue weighted by molar-refractivity contribution is -0.130. The third-order valence-electron chi connectivity index (χ3n) is 1.93. The minimum absolute atomic E-state index is 0.749. The minimum Gasteiger partial charge on any atom is -0.504 e. The highest BCUT2D eigenvalue weighted by molar-refractivity contribution is 6.17. The molecule has 7 nitrogen and oxygen atoms in total. The molecule has 0 heterocycles. The lowest BCUT2D eigenvalue weighted by Crippen LogP contribution is -1.99. The van der Waals surface area contributed by atoms with Gasteiger partial charge in [-0.2, -0.15) is 0 Å². The molecule has 0 aliphatic rings. The highest BCUT2D eigenvalue weighted by Crippen LogP contribution is 2.52. The second kappa shape index (κ2) is 3.54. The van der Waals surface area contributed by atoms with Gasteiger partial charge in [0.2, 0.25) is 17.2 Å². The summed E-state index contributed by atoms with van der Waals surface area (Å²) in [5.41, 5.74) is -1.51. The number of phenolic OH excluding ortho intramolecular Hbond substituents is 5. The molecule has 7 heteroatoms. The van der Waals surface area contributed by atoms with E-state index in [2.05, 4.69) is 6.58 Å². The van der Waals surface area contributed by atoms with E-state index < -0.39 is 45.9 Å². The maximum atomic E-state index is 10.6. The van der Waals surface area contributed by atoms with Crippen LogP contribution in [0.1, 0.15) is 5.56 Å². The van der Waals surface area contributed by atoms with Crippen molar-refractivity contribution in [3.05, 3.63) is 12.1 Å². The quantitative estimate of drug-likeness (QED) is 0.243. The molecule has 0 saturated heterocycles. The molecule has 1 aromatic carbocycles. The molecule has 0 saturated carbocycles. The maximum Gasteiger partial charge on any atom is 0.335 e. The van der Waals surface area contributed by atoms with Crippen molar-refractivity contribution in [3.63, 3.8) is 0 Å². The van der Waals surface area contributed by atoms with Crippen LogP contribution in [0.5, 0.6) is 28.7 Å². The largest absolute Gasteiger partial charge is 0.504 e. The van der Waals surface area contributed by atoms with Gasteiger partial charge in [0, 0.05) is 0 Å². The summed E-state index contributed by atoms with van der Waals surface area (Å²) in [6, 6.07) is 0. The van der Waals surface area contributed by atoms with E-state index in [0.717, 1.165) is 0 Å². The summed E-state index contributed by atoms with van der Waals surface area (Å²) in [6.07, 6.45) is 0. The fourth-order valence-corrected chi connectivity index (χ4v) is 1.08. The lowest BCUT2D eigenvalue weighted by Gasteiger charge is -2.11. The van der Waals surface area contributed by atoms with E-state index in [-0.39, 0.29) is 0 Å². The first-order valence-electron chi connectivity index (χ1n) is 3.90. The second-order valence-electron chi connectivity index (χ2n) is 2.90. The van der Waals surface area contributed by atoms with Gasteiger partial charge in [-0.1, -0.05) is 6.58 Å². The number of rotatable bonds is 2. The van der Waals surface area contributed by atoms with Crippen LogP contribution >= 0.6 is 0 Å². The molecular formula is C9H8O7. The van der Waals surface area contributed by atoms with Crippen LogP contribution in [-0.4, -0.2) is 36.6 Å². The van der Waals surface area contributed by atoms with Crippen LogP contribution in [0.4, 0.5) is 0 Å². The highest BCUT2D eigenvalue weighted by Gasteiger charge is 2.26. The molecular weight excluding hydrogens is 220 g/mol. The number of aliphatic carboxylic acids is 1. The first-order chi connectivity index (χ1) is 7.29. The summed E-state index contributed by atoms with van der Waals surface area (Å²) in [5, 5.41) is 54.4. The van der Waals surface area contributed by atoms with Gasteiger partial charge in [0.05, 0.1) is 11.1 Å². The van der Waals surface area contributed by atoms with Crippen LogP contribution < -0.4 is 0 Å². The number of carboxylic acids is 1. The molecule has 6 N–H and O–H groups in total. The van der Waals surface area contributed by atoms with Gasteiger partial charge in [-0.3, -0.25) is 0 Å². The molecule has 0 aliphatic carbocycles. The zero-order valence-electron chi connectivity index (χ0n) is 7.80. The Labute approximate surface area is 88.8 Å². The van der Waals surface area contributed by atoms with Crippen LogP contribution in [-0.2, 0) is 4.79 Å². The standard InChI is InChI=1S/C9H8O7/c1-2(9(15)16)3-4(10)6(12)8(14)7(13)5(3)11/h10-14H,1H2,(H,15,16). The molecule has 0 radical (unpaired) electrons. The van der Waals surface area contributed by atoms with Gasteiger partial charge >= 0.3 is 5.97 Å². The van der Waals surface area contributed by atoms with Crippen molar-refractivity contribution in [1.29, 1.82) is 0 Å². The van der Waals surface area contributed by atoms with Crippen molar-refractivity contribution >= 4 is 11.5 Å². The van der Waals surface area contributed by atoms with E-state index in [1.54, 1.807) is 0 Å². The molecule has 86 valence electrons. The Morgan fingerprint density at radius 3 is 1.44 bits per heavy atom. The minimum atomic E-state index is -1.57. The molecule has 0 bridgehead atoms. The molecule has 0 fully saturated rings. The van der Waals surface area contributed by atoms with Crippen molar-refractivity contribution in [2.75, 3.05) is 0 Å². The van der Waals surface area contributed by atoms with Crippen molar-refractivity contribution in [3.8, 4) is 28.7 Å². The van der Waals surface area contributed by atoms with Crippen LogP contribution in [0.3, 0.4) is 0 Å². The van der Waals surface area contributed by atoms with Crippen molar-refractivity contribution in [1.82, 2.24) is 0 Å². The fourth-order valence-electron chi connectivity index (χ4n) is 1.08. The number of carbonyl (C=O) groups is 1. The van der Waals surface area contributed by atoms with Gasteiger partial charge in [0.15, 0.2) is 11.5 Å². The third-order valence-corrected chi connectivity index (χ3v) is 1.93. The molecule has 0 aliphatic heterocycles. The van der Waals surface area contributed by atoms with Crippen molar-refractivity contribution in [2.24, 2.45) is 0 Å². The van der Waals surface area contributed by atoms with Gasteiger partial charge in [0.1, 0.15) is 0 Å². The topological polar surface area (TPSA) is 138 Å². The maximum absolute atomic E-state index is 10.6.